The lowest BCUT2D eigenvalue weighted by Gasteiger charge is -2.31. The SMILES string of the molecule is CC(C)(O)Cn1cc(-c2nc(NC3CCN(SCCCOCc4cn(CCOCCOCCNc5cccc(C6CCC(=O)NC6=O)c5)nn4)CC3)ncc2C(F)(F)F)cn1. The van der Waals surface area contributed by atoms with Crippen LogP contribution in [0.1, 0.15) is 68.7 Å². The molecule has 1 aromatic carbocycles. The van der Waals surface area contributed by atoms with E-state index in [4.69, 9.17) is 14.2 Å². The summed E-state index contributed by atoms with van der Waals surface area (Å²) in [5.74, 6) is 0.226. The number of aromatic nitrogens is 7. The molecule has 2 saturated heterocycles. The molecule has 61 heavy (non-hydrogen) atoms. The second kappa shape index (κ2) is 21.9. The topological polar surface area (TPSA) is 196 Å². The first kappa shape index (κ1) is 45.8. The Kier molecular flexibility index (Phi) is 16.5. The van der Waals surface area contributed by atoms with Crippen LogP contribution in [0.2, 0.25) is 0 Å². The molecule has 332 valence electrons. The Hall–Kier alpha value is -4.67. The van der Waals surface area contributed by atoms with E-state index in [0.717, 1.165) is 61.2 Å². The fourth-order valence-corrected chi connectivity index (χ4v) is 7.80. The smallest absolute Gasteiger partial charge is 0.389 e. The van der Waals surface area contributed by atoms with E-state index in [1.54, 1.807) is 30.5 Å². The third-order valence-electron chi connectivity index (χ3n) is 9.82. The Morgan fingerprint density at radius 3 is 2.56 bits per heavy atom. The minimum Gasteiger partial charge on any atom is -0.389 e. The zero-order chi connectivity index (χ0) is 43.2. The van der Waals surface area contributed by atoms with Crippen LogP contribution in [-0.4, -0.2) is 126 Å². The molecular weight excluding hydrogens is 820 g/mol. The maximum atomic E-state index is 13.9. The number of carbonyl (C=O) groups is 2. The summed E-state index contributed by atoms with van der Waals surface area (Å²) in [4.78, 5) is 31.9. The molecular formula is C40H54F3N11O6S. The number of hydrogen-bond acceptors (Lipinski definition) is 15. The van der Waals surface area contributed by atoms with Crippen LogP contribution in [0, 0.1) is 0 Å². The molecule has 2 amide bonds. The van der Waals surface area contributed by atoms with E-state index >= 15 is 0 Å². The van der Waals surface area contributed by atoms with Crippen molar-refractivity contribution in [3.05, 3.63) is 65.9 Å². The number of benzene rings is 1. The van der Waals surface area contributed by atoms with Crippen LogP contribution in [0.25, 0.3) is 11.3 Å². The standard InChI is InChI=1S/C40H54F3N11O6S/c1-39(2,57)27-53-24-29(22-46-53)36-34(40(41,42)43)23-45-38(49-36)47-30-9-12-54(13-10-30)61-20-4-15-60-26-32-25-52(51-50-32)14-17-59-19-18-58-16-11-44-31-6-3-5-28(21-31)33-7-8-35(55)48-37(33)56/h3,5-6,21-25,30,33,44,57H,4,7-20,26-27H2,1-2H3,(H,45,47,49)(H,48,55,56). The fourth-order valence-electron chi connectivity index (χ4n) is 6.83. The minimum absolute atomic E-state index is 0.0165. The average Bonchev–Trinajstić information content (AvgIpc) is 3.87. The number of anilines is 2. The van der Waals surface area contributed by atoms with Gasteiger partial charge in [0, 0.05) is 68.1 Å². The van der Waals surface area contributed by atoms with Crippen molar-refractivity contribution in [1.29, 1.82) is 0 Å². The number of halogens is 3. The lowest BCUT2D eigenvalue weighted by molar-refractivity contribution is -0.137. The van der Waals surface area contributed by atoms with E-state index in [-0.39, 0.29) is 47.5 Å². The van der Waals surface area contributed by atoms with Crippen molar-refractivity contribution in [3.8, 4) is 11.3 Å². The number of piperidine rings is 2. The van der Waals surface area contributed by atoms with Crippen LogP contribution in [0.4, 0.5) is 24.8 Å². The van der Waals surface area contributed by atoms with Crippen LogP contribution < -0.4 is 16.0 Å². The number of hydrogen-bond donors (Lipinski definition) is 4. The summed E-state index contributed by atoms with van der Waals surface area (Å²) in [6.45, 7) is 8.87. The third-order valence-corrected chi connectivity index (χ3v) is 11.0. The molecule has 1 atom stereocenters. The summed E-state index contributed by atoms with van der Waals surface area (Å²) in [6, 6.07) is 7.68. The average molecular weight is 874 g/mol. The summed E-state index contributed by atoms with van der Waals surface area (Å²) in [5, 5.41) is 31.5. The first-order valence-corrected chi connectivity index (χ1v) is 21.4. The Morgan fingerprint density at radius 1 is 0.984 bits per heavy atom. The predicted octanol–water partition coefficient (Wildman–Crippen LogP) is 4.52. The predicted molar refractivity (Wildman–Crippen MR) is 221 cm³/mol. The Morgan fingerprint density at radius 2 is 1.79 bits per heavy atom. The molecule has 5 heterocycles. The number of amides is 2. The molecule has 0 spiro atoms. The van der Waals surface area contributed by atoms with Crippen LogP contribution >= 0.6 is 11.9 Å². The highest BCUT2D eigenvalue weighted by atomic mass is 32.2. The van der Waals surface area contributed by atoms with Gasteiger partial charge in [-0.1, -0.05) is 29.3 Å². The molecule has 2 fully saturated rings. The number of ether oxygens (including phenoxy) is 3. The quantitative estimate of drug-likeness (QED) is 0.0461. The molecule has 2 aliphatic heterocycles. The number of imide groups is 1. The Bertz CT molecular complexity index is 2020. The molecule has 0 saturated carbocycles. The van der Waals surface area contributed by atoms with Gasteiger partial charge in [0.2, 0.25) is 17.8 Å². The molecule has 2 aliphatic rings. The van der Waals surface area contributed by atoms with E-state index in [9.17, 15) is 27.9 Å². The maximum absolute atomic E-state index is 13.9. The van der Waals surface area contributed by atoms with Gasteiger partial charge in [0.05, 0.1) is 75.7 Å². The minimum atomic E-state index is -4.64. The van der Waals surface area contributed by atoms with Crippen molar-refractivity contribution in [2.45, 2.75) is 89.4 Å². The molecule has 4 N–H and O–H groups in total. The van der Waals surface area contributed by atoms with Gasteiger partial charge in [-0.05, 0) is 57.2 Å². The zero-order valence-electron chi connectivity index (χ0n) is 34.4. The highest BCUT2D eigenvalue weighted by molar-refractivity contribution is 7.97. The first-order valence-electron chi connectivity index (χ1n) is 20.4. The van der Waals surface area contributed by atoms with Crippen molar-refractivity contribution in [2.75, 3.05) is 69.1 Å². The summed E-state index contributed by atoms with van der Waals surface area (Å²) >= 11 is 1.75. The van der Waals surface area contributed by atoms with Crippen molar-refractivity contribution < 1.29 is 42.1 Å². The highest BCUT2D eigenvalue weighted by Crippen LogP contribution is 2.36. The van der Waals surface area contributed by atoms with Gasteiger partial charge in [0.25, 0.3) is 0 Å². The van der Waals surface area contributed by atoms with Crippen LogP contribution in [0.5, 0.6) is 0 Å². The van der Waals surface area contributed by atoms with Crippen LogP contribution in [-0.2, 0) is 49.7 Å². The molecule has 0 radical (unpaired) electrons. The molecule has 3 aromatic heterocycles. The van der Waals surface area contributed by atoms with E-state index < -0.39 is 17.3 Å². The Balaban J connectivity index is 0.780. The van der Waals surface area contributed by atoms with Gasteiger partial charge in [0.15, 0.2) is 0 Å². The molecule has 4 aromatic rings. The first-order chi connectivity index (χ1) is 29.3. The summed E-state index contributed by atoms with van der Waals surface area (Å²) in [6.07, 6.45) is 4.06. The van der Waals surface area contributed by atoms with Gasteiger partial charge in [-0.3, -0.25) is 23.9 Å². The summed E-state index contributed by atoms with van der Waals surface area (Å²) in [7, 11) is 0. The van der Waals surface area contributed by atoms with Gasteiger partial charge in [-0.25, -0.2) is 14.6 Å². The van der Waals surface area contributed by atoms with Gasteiger partial charge in [0.1, 0.15) is 11.3 Å². The van der Waals surface area contributed by atoms with Gasteiger partial charge < -0.3 is 30.0 Å². The largest absolute Gasteiger partial charge is 0.419 e. The van der Waals surface area contributed by atoms with Crippen molar-refractivity contribution in [2.24, 2.45) is 0 Å². The number of nitrogens with one attached hydrogen (secondary N) is 3. The third kappa shape index (κ3) is 14.7. The van der Waals surface area contributed by atoms with E-state index in [0.29, 0.717) is 65.6 Å². The maximum Gasteiger partial charge on any atom is 0.419 e. The van der Waals surface area contributed by atoms with Gasteiger partial charge in [-0.15, -0.1) is 5.10 Å². The number of carbonyl (C=O) groups excluding carboxylic acids is 2. The molecule has 0 bridgehead atoms. The van der Waals surface area contributed by atoms with Gasteiger partial charge >= 0.3 is 6.18 Å². The number of aliphatic hydroxyl groups is 1. The zero-order valence-corrected chi connectivity index (χ0v) is 35.2. The molecule has 17 nitrogen and oxygen atoms in total. The normalized spacial score (nSPS) is 16.9. The van der Waals surface area contributed by atoms with Crippen molar-refractivity contribution >= 4 is 35.4 Å². The second-order valence-electron chi connectivity index (χ2n) is 15.5. The number of alkyl halides is 3. The molecule has 0 aliphatic carbocycles. The van der Waals surface area contributed by atoms with Crippen molar-refractivity contribution in [1.82, 2.24) is 44.4 Å². The summed E-state index contributed by atoms with van der Waals surface area (Å²) in [5.41, 5.74) is 0.424. The van der Waals surface area contributed by atoms with E-state index in [1.807, 2.05) is 30.5 Å². The monoisotopic (exact) mass is 873 g/mol. The van der Waals surface area contributed by atoms with Crippen LogP contribution in [0.15, 0.2) is 49.1 Å². The number of rotatable bonds is 23. The van der Waals surface area contributed by atoms with Crippen LogP contribution in [0.3, 0.4) is 0 Å². The highest BCUT2D eigenvalue weighted by Gasteiger charge is 2.36. The summed E-state index contributed by atoms with van der Waals surface area (Å²) < 4.78 is 64.1. The lowest BCUT2D eigenvalue weighted by atomic mass is 9.90. The second-order valence-corrected chi connectivity index (χ2v) is 16.7. The molecule has 21 heteroatoms. The molecule has 6 rings (SSSR count). The molecule has 1 unspecified atom stereocenters. The van der Waals surface area contributed by atoms with Crippen molar-refractivity contribution in [3.63, 3.8) is 0 Å². The van der Waals surface area contributed by atoms with E-state index in [1.165, 1.54) is 17.1 Å². The Labute approximate surface area is 356 Å². The van der Waals surface area contributed by atoms with Gasteiger partial charge in [-0.2, -0.15) is 18.3 Å². The lowest BCUT2D eigenvalue weighted by Crippen LogP contribution is -2.39. The number of nitrogens with zero attached hydrogens (tertiary/aromatic N) is 8. The fraction of sp³-hybridized carbons (Fsp3) is 0.575. The van der Waals surface area contributed by atoms with E-state index in [2.05, 4.69) is 45.6 Å².